The lowest BCUT2D eigenvalue weighted by Crippen LogP contribution is -2.14. The number of ether oxygens (including phenoxy) is 3. The number of hydrogen-bond donors (Lipinski definition) is 1. The van der Waals surface area contributed by atoms with Gasteiger partial charge in [-0.2, -0.15) is 0 Å². The van der Waals surface area contributed by atoms with Gasteiger partial charge >= 0.3 is 0 Å². The summed E-state index contributed by atoms with van der Waals surface area (Å²) in [5.41, 5.74) is 0.116. The Kier molecular flexibility index (Phi) is 8.68. The number of rotatable bonds is 10. The highest BCUT2D eigenvalue weighted by Gasteiger charge is 2.07. The minimum Gasteiger partial charge on any atom is -0.382 e. The van der Waals surface area contributed by atoms with E-state index in [1.54, 1.807) is 7.11 Å². The first kappa shape index (κ1) is 17.3. The second kappa shape index (κ2) is 10.0. The van der Waals surface area contributed by atoms with Gasteiger partial charge in [0.2, 0.25) is 0 Å². The molecule has 0 heterocycles. The van der Waals surface area contributed by atoms with Crippen molar-refractivity contribution < 1.29 is 23.0 Å². The minimum atomic E-state index is -0.513. The highest BCUT2D eigenvalue weighted by Crippen LogP contribution is 2.22. The molecule has 0 spiro atoms. The summed E-state index contributed by atoms with van der Waals surface area (Å²) in [6.07, 6.45) is 0. The Balaban J connectivity index is 2.11. The van der Waals surface area contributed by atoms with Crippen molar-refractivity contribution in [2.45, 2.75) is 0 Å². The van der Waals surface area contributed by atoms with Gasteiger partial charge in [0.1, 0.15) is 11.6 Å². The Morgan fingerprint density at radius 1 is 1.00 bits per heavy atom. The topological polar surface area (TPSA) is 39.7 Å². The Labute approximate surface area is 125 Å². The van der Waals surface area contributed by atoms with Crippen molar-refractivity contribution in [3.63, 3.8) is 0 Å². The van der Waals surface area contributed by atoms with Gasteiger partial charge in [0.25, 0.3) is 0 Å². The van der Waals surface area contributed by atoms with Gasteiger partial charge in [0, 0.05) is 19.7 Å². The third-order valence-electron chi connectivity index (χ3n) is 2.38. The molecule has 0 amide bonds. The molecular formula is C13H18BrF2NO3. The van der Waals surface area contributed by atoms with Crippen molar-refractivity contribution in [3.8, 4) is 0 Å². The van der Waals surface area contributed by atoms with Gasteiger partial charge in [-0.25, -0.2) is 8.78 Å². The first-order chi connectivity index (χ1) is 9.65. The van der Waals surface area contributed by atoms with Crippen molar-refractivity contribution in [2.24, 2.45) is 0 Å². The second-order valence-electron chi connectivity index (χ2n) is 3.89. The smallest absolute Gasteiger partial charge is 0.147 e. The molecule has 7 heteroatoms. The molecule has 0 aromatic heterocycles. The summed E-state index contributed by atoms with van der Waals surface area (Å²) in [7, 11) is 1.61. The molecule has 1 aromatic rings. The molecular weight excluding hydrogens is 336 g/mol. The van der Waals surface area contributed by atoms with Crippen LogP contribution in [0.5, 0.6) is 0 Å². The fourth-order valence-corrected chi connectivity index (χ4v) is 1.70. The predicted octanol–water partition coefficient (Wildman–Crippen LogP) is 2.82. The summed E-state index contributed by atoms with van der Waals surface area (Å²) in [6, 6.07) is 2.19. The van der Waals surface area contributed by atoms with Crippen LogP contribution in [0.3, 0.4) is 0 Å². The van der Waals surface area contributed by atoms with E-state index >= 15 is 0 Å². The van der Waals surface area contributed by atoms with Crippen LogP contribution in [0.25, 0.3) is 0 Å². The van der Waals surface area contributed by atoms with Crippen molar-refractivity contribution in [1.29, 1.82) is 0 Å². The molecule has 0 atom stereocenters. The molecule has 4 nitrogen and oxygen atoms in total. The number of anilines is 1. The van der Waals surface area contributed by atoms with Crippen LogP contribution < -0.4 is 5.32 Å². The molecule has 0 saturated heterocycles. The van der Waals surface area contributed by atoms with Gasteiger partial charge in [-0.05, 0) is 22.0 Å². The number of methoxy groups -OCH3 is 1. The third kappa shape index (κ3) is 6.60. The molecule has 0 radical (unpaired) electrons. The monoisotopic (exact) mass is 353 g/mol. The first-order valence-electron chi connectivity index (χ1n) is 6.18. The fraction of sp³-hybridized carbons (Fsp3) is 0.538. The molecule has 1 rings (SSSR count). The molecule has 114 valence electrons. The predicted molar refractivity (Wildman–Crippen MR) is 76.1 cm³/mol. The van der Waals surface area contributed by atoms with E-state index in [0.717, 1.165) is 12.1 Å². The van der Waals surface area contributed by atoms with Crippen LogP contribution in [-0.2, 0) is 14.2 Å². The first-order valence-corrected chi connectivity index (χ1v) is 6.97. The number of benzene rings is 1. The van der Waals surface area contributed by atoms with E-state index in [1.807, 2.05) is 0 Å². The van der Waals surface area contributed by atoms with Gasteiger partial charge in [-0.1, -0.05) is 0 Å². The Morgan fingerprint density at radius 2 is 1.65 bits per heavy atom. The van der Waals surface area contributed by atoms with E-state index in [1.165, 1.54) is 0 Å². The maximum atomic E-state index is 13.4. The molecule has 0 bridgehead atoms. The van der Waals surface area contributed by atoms with E-state index in [4.69, 9.17) is 14.2 Å². The zero-order valence-corrected chi connectivity index (χ0v) is 12.8. The molecule has 0 unspecified atom stereocenters. The quantitative estimate of drug-likeness (QED) is 0.518. The van der Waals surface area contributed by atoms with E-state index in [2.05, 4.69) is 21.2 Å². The van der Waals surface area contributed by atoms with Crippen LogP contribution in [0.2, 0.25) is 0 Å². The van der Waals surface area contributed by atoms with Gasteiger partial charge in [0.15, 0.2) is 0 Å². The molecule has 0 saturated carbocycles. The Bertz CT molecular complexity index is 407. The molecule has 20 heavy (non-hydrogen) atoms. The van der Waals surface area contributed by atoms with Crippen LogP contribution in [0.4, 0.5) is 14.5 Å². The zero-order valence-electron chi connectivity index (χ0n) is 11.3. The van der Waals surface area contributed by atoms with Crippen molar-refractivity contribution in [2.75, 3.05) is 52.0 Å². The number of nitrogens with one attached hydrogen (secondary N) is 1. The van der Waals surface area contributed by atoms with Crippen molar-refractivity contribution in [1.82, 2.24) is 0 Å². The molecule has 0 fully saturated rings. The zero-order chi connectivity index (χ0) is 14.8. The van der Waals surface area contributed by atoms with Crippen molar-refractivity contribution in [3.05, 3.63) is 28.2 Å². The van der Waals surface area contributed by atoms with Crippen LogP contribution >= 0.6 is 15.9 Å². The van der Waals surface area contributed by atoms with Gasteiger partial charge in [0.05, 0.1) is 43.2 Å². The highest BCUT2D eigenvalue weighted by molar-refractivity contribution is 9.10. The van der Waals surface area contributed by atoms with Gasteiger partial charge in [-0.3, -0.25) is 0 Å². The standard InChI is InChI=1S/C13H18BrF2NO3/c1-18-4-5-20-7-6-19-3-2-17-13-9-11(15)10(14)8-12(13)16/h8-9,17H,2-7H2,1H3. The normalized spacial score (nSPS) is 10.8. The summed E-state index contributed by atoms with van der Waals surface area (Å²) < 4.78 is 42.1. The molecule has 0 aliphatic heterocycles. The van der Waals surface area contributed by atoms with Gasteiger partial charge in [-0.15, -0.1) is 0 Å². The molecule has 0 aliphatic rings. The summed E-state index contributed by atoms with van der Waals surface area (Å²) >= 11 is 2.92. The minimum absolute atomic E-state index is 0.102. The van der Waals surface area contributed by atoms with Crippen LogP contribution in [0, 0.1) is 11.6 Å². The van der Waals surface area contributed by atoms with Crippen LogP contribution in [0.1, 0.15) is 0 Å². The maximum absolute atomic E-state index is 13.4. The molecule has 0 aliphatic carbocycles. The van der Waals surface area contributed by atoms with Crippen LogP contribution in [-0.4, -0.2) is 46.7 Å². The SMILES string of the molecule is COCCOCCOCCNc1cc(F)c(Br)cc1F. The second-order valence-corrected chi connectivity index (χ2v) is 4.74. The summed E-state index contributed by atoms with van der Waals surface area (Å²) in [6.45, 7) is 2.77. The maximum Gasteiger partial charge on any atom is 0.147 e. The molecule has 1 N–H and O–H groups in total. The Hall–Kier alpha value is -0.760. The molecule has 1 aromatic carbocycles. The highest BCUT2D eigenvalue weighted by atomic mass is 79.9. The van der Waals surface area contributed by atoms with Crippen molar-refractivity contribution >= 4 is 21.6 Å². The Morgan fingerprint density at radius 3 is 2.35 bits per heavy atom. The van der Waals surface area contributed by atoms with E-state index in [0.29, 0.717) is 39.6 Å². The summed E-state index contributed by atoms with van der Waals surface area (Å²) in [4.78, 5) is 0. The summed E-state index contributed by atoms with van der Waals surface area (Å²) in [5, 5.41) is 2.77. The van der Waals surface area contributed by atoms with Gasteiger partial charge < -0.3 is 19.5 Å². The largest absolute Gasteiger partial charge is 0.382 e. The van der Waals surface area contributed by atoms with Crippen LogP contribution in [0.15, 0.2) is 16.6 Å². The van der Waals surface area contributed by atoms with E-state index in [-0.39, 0.29) is 10.2 Å². The summed E-state index contributed by atoms with van der Waals surface area (Å²) in [5.74, 6) is -1.03. The average molecular weight is 354 g/mol. The average Bonchev–Trinajstić information content (AvgIpc) is 2.42. The lowest BCUT2D eigenvalue weighted by Gasteiger charge is -2.09. The lowest BCUT2D eigenvalue weighted by molar-refractivity contribution is 0.0272. The number of hydrogen-bond acceptors (Lipinski definition) is 4. The third-order valence-corrected chi connectivity index (χ3v) is 2.98. The lowest BCUT2D eigenvalue weighted by atomic mass is 10.3. The number of halogens is 3. The van der Waals surface area contributed by atoms with E-state index < -0.39 is 11.6 Å². The van der Waals surface area contributed by atoms with E-state index in [9.17, 15) is 8.78 Å². The fourth-order valence-electron chi connectivity index (χ4n) is 1.38.